The first kappa shape index (κ1) is 22.0. The number of Topliss-reactive ketones (excluding diaryl/α,β-unsaturated/α-hetero) is 1. The van der Waals surface area contributed by atoms with Crippen LogP contribution >= 0.6 is 0 Å². The number of ketones is 1. The summed E-state index contributed by atoms with van der Waals surface area (Å²) < 4.78 is 12.8. The fourth-order valence-electron chi connectivity index (χ4n) is 2.30. The third-order valence-corrected chi connectivity index (χ3v) is 15.1. The van der Waals surface area contributed by atoms with Crippen molar-refractivity contribution in [3.05, 3.63) is 0 Å². The van der Waals surface area contributed by atoms with E-state index >= 15 is 0 Å². The number of aliphatic hydroxyl groups is 1. The summed E-state index contributed by atoms with van der Waals surface area (Å²) in [6, 6.07) is 0. The quantitative estimate of drug-likeness (QED) is 0.737. The lowest BCUT2D eigenvalue weighted by Gasteiger charge is -2.45. The molecule has 0 bridgehead atoms. The van der Waals surface area contributed by atoms with Gasteiger partial charge >= 0.3 is 0 Å². The van der Waals surface area contributed by atoms with Gasteiger partial charge in [-0.2, -0.15) is 0 Å². The first-order valence-corrected chi connectivity index (χ1v) is 14.9. The predicted molar refractivity (Wildman–Crippen MR) is 104 cm³/mol. The molecule has 0 aliphatic heterocycles. The van der Waals surface area contributed by atoms with Gasteiger partial charge in [-0.15, -0.1) is 0 Å². The molecule has 24 heavy (non-hydrogen) atoms. The van der Waals surface area contributed by atoms with Crippen molar-refractivity contribution < 1.29 is 18.8 Å². The lowest BCUT2D eigenvalue weighted by molar-refractivity contribution is -0.138. The van der Waals surface area contributed by atoms with E-state index in [2.05, 4.69) is 67.7 Å². The minimum absolute atomic E-state index is 0.0161. The summed E-state index contributed by atoms with van der Waals surface area (Å²) in [7, 11) is -4.02. The van der Waals surface area contributed by atoms with Crippen LogP contribution in [0, 0.1) is 0 Å². The van der Waals surface area contributed by atoms with Crippen LogP contribution in [0.5, 0.6) is 0 Å². The summed E-state index contributed by atoms with van der Waals surface area (Å²) in [6.45, 7) is 21.8. The first-order chi connectivity index (χ1) is 10.5. The van der Waals surface area contributed by atoms with E-state index in [9.17, 15) is 9.90 Å². The van der Waals surface area contributed by atoms with Crippen LogP contribution in [-0.2, 0) is 13.6 Å². The molecule has 1 fully saturated rings. The van der Waals surface area contributed by atoms with Crippen LogP contribution in [0.3, 0.4) is 0 Å². The van der Waals surface area contributed by atoms with Gasteiger partial charge in [0.05, 0.1) is 12.2 Å². The summed E-state index contributed by atoms with van der Waals surface area (Å²) in [5.74, 6) is 0.0161. The Hall–Kier alpha value is -0.0162. The molecule has 4 nitrogen and oxygen atoms in total. The summed E-state index contributed by atoms with van der Waals surface area (Å²) in [5.41, 5.74) is 0. The van der Waals surface area contributed by atoms with Gasteiger partial charge in [-0.05, 0) is 36.3 Å². The van der Waals surface area contributed by atoms with Gasteiger partial charge in [0.25, 0.3) is 0 Å². The molecule has 142 valence electrons. The van der Waals surface area contributed by atoms with Crippen LogP contribution in [-0.4, -0.2) is 45.8 Å². The lowest BCUT2D eigenvalue weighted by Crippen LogP contribution is -2.54. The fourth-order valence-corrected chi connectivity index (χ4v) is 4.95. The highest BCUT2D eigenvalue weighted by Crippen LogP contribution is 2.41. The minimum Gasteiger partial charge on any atom is -0.411 e. The van der Waals surface area contributed by atoms with Crippen LogP contribution in [0.25, 0.3) is 0 Å². The molecule has 1 N–H and O–H groups in total. The summed E-state index contributed by atoms with van der Waals surface area (Å²) >= 11 is 0. The zero-order valence-corrected chi connectivity index (χ0v) is 19.3. The van der Waals surface area contributed by atoms with E-state index in [1.54, 1.807) is 0 Å². The van der Waals surface area contributed by atoms with E-state index in [0.29, 0.717) is 6.42 Å². The van der Waals surface area contributed by atoms with Crippen LogP contribution in [0.2, 0.25) is 36.3 Å². The Labute approximate surface area is 150 Å². The van der Waals surface area contributed by atoms with Gasteiger partial charge in [-0.1, -0.05) is 41.5 Å². The van der Waals surface area contributed by atoms with Gasteiger partial charge in [-0.25, -0.2) is 0 Å². The molecule has 0 aromatic rings. The monoisotopic (exact) mass is 374 g/mol. The Morgan fingerprint density at radius 2 is 1.33 bits per heavy atom. The van der Waals surface area contributed by atoms with Gasteiger partial charge in [0.15, 0.2) is 22.4 Å². The topological polar surface area (TPSA) is 55.8 Å². The van der Waals surface area contributed by atoms with E-state index in [0.717, 1.165) is 0 Å². The van der Waals surface area contributed by atoms with E-state index in [1.165, 1.54) is 0 Å². The van der Waals surface area contributed by atoms with Crippen molar-refractivity contribution in [1.29, 1.82) is 0 Å². The number of aliphatic hydroxyl groups excluding tert-OH is 1. The Morgan fingerprint density at radius 3 is 1.75 bits per heavy atom. The zero-order chi connectivity index (χ0) is 19.1. The molecule has 0 aromatic heterocycles. The largest absolute Gasteiger partial charge is 0.411 e. The van der Waals surface area contributed by atoms with Crippen LogP contribution < -0.4 is 0 Å². The fraction of sp³-hybridized carbons (Fsp3) is 0.944. The first-order valence-electron chi connectivity index (χ1n) is 9.04. The second-order valence-electron chi connectivity index (χ2n) is 10.3. The molecular formula is C18H38O4Si2. The number of carbonyl (C=O) groups is 1. The van der Waals surface area contributed by atoms with Gasteiger partial charge in [0.2, 0.25) is 0 Å². The van der Waals surface area contributed by atoms with Crippen molar-refractivity contribution in [2.24, 2.45) is 0 Å². The molecule has 1 saturated carbocycles. The van der Waals surface area contributed by atoms with E-state index in [4.69, 9.17) is 8.85 Å². The molecule has 0 heterocycles. The van der Waals surface area contributed by atoms with Crippen molar-refractivity contribution in [3.63, 3.8) is 0 Å². The molecule has 1 aliphatic rings. The molecule has 0 saturated heterocycles. The van der Waals surface area contributed by atoms with Gasteiger partial charge in [-0.3, -0.25) is 4.79 Å². The Bertz CT molecular complexity index is 461. The zero-order valence-electron chi connectivity index (χ0n) is 17.3. The van der Waals surface area contributed by atoms with E-state index < -0.39 is 28.8 Å². The Kier molecular flexibility index (Phi) is 6.38. The van der Waals surface area contributed by atoms with Crippen molar-refractivity contribution >= 4 is 22.4 Å². The van der Waals surface area contributed by atoms with Gasteiger partial charge in [0, 0.05) is 12.8 Å². The maximum absolute atomic E-state index is 12.4. The summed E-state index contributed by atoms with van der Waals surface area (Å²) in [4.78, 5) is 12.4. The molecule has 3 atom stereocenters. The minimum atomic E-state index is -2.03. The lowest BCUT2D eigenvalue weighted by atomic mass is 9.91. The molecular weight excluding hydrogens is 336 g/mol. The maximum atomic E-state index is 12.4. The molecule has 0 unspecified atom stereocenters. The third kappa shape index (κ3) is 5.00. The highest BCUT2D eigenvalue weighted by Gasteiger charge is 2.47. The summed E-state index contributed by atoms with van der Waals surface area (Å²) in [5, 5.41) is 10.5. The second kappa shape index (κ2) is 6.95. The number of hydrogen-bond acceptors (Lipinski definition) is 4. The second-order valence-corrected chi connectivity index (χ2v) is 19.8. The maximum Gasteiger partial charge on any atom is 0.193 e. The molecule has 1 aliphatic carbocycles. The molecule has 6 heteroatoms. The highest BCUT2D eigenvalue weighted by atomic mass is 28.4. The van der Waals surface area contributed by atoms with Crippen molar-refractivity contribution in [1.82, 2.24) is 0 Å². The average Bonchev–Trinajstić information content (AvgIpc) is 2.31. The smallest absolute Gasteiger partial charge is 0.193 e. The number of rotatable bonds is 4. The van der Waals surface area contributed by atoms with E-state index in [1.807, 2.05) is 0 Å². The highest BCUT2D eigenvalue weighted by molar-refractivity contribution is 6.74. The molecule has 1 rings (SSSR count). The molecule has 0 aromatic carbocycles. The SMILES string of the molecule is CC(C)(C)[Si](C)(C)O[C@H]1C[C@H](O[Si](C)(C)C(C)(C)C)[C@@H](O)CC1=O. The summed E-state index contributed by atoms with van der Waals surface area (Å²) in [6.07, 6.45) is -0.856. The molecule has 0 spiro atoms. The Morgan fingerprint density at radius 1 is 0.917 bits per heavy atom. The van der Waals surface area contributed by atoms with E-state index in [-0.39, 0.29) is 28.4 Å². The Balaban J connectivity index is 2.90. The van der Waals surface area contributed by atoms with Crippen molar-refractivity contribution in [2.45, 2.75) is 109 Å². The van der Waals surface area contributed by atoms with Crippen molar-refractivity contribution in [2.75, 3.05) is 0 Å². The molecule has 0 amide bonds. The van der Waals surface area contributed by atoms with Gasteiger partial charge < -0.3 is 14.0 Å². The third-order valence-electron chi connectivity index (χ3n) is 6.14. The van der Waals surface area contributed by atoms with Crippen LogP contribution in [0.1, 0.15) is 54.4 Å². The predicted octanol–water partition coefficient (Wildman–Crippen LogP) is 4.49. The van der Waals surface area contributed by atoms with Crippen LogP contribution in [0.4, 0.5) is 0 Å². The van der Waals surface area contributed by atoms with Crippen molar-refractivity contribution in [3.8, 4) is 0 Å². The van der Waals surface area contributed by atoms with Gasteiger partial charge in [0.1, 0.15) is 6.10 Å². The normalized spacial score (nSPS) is 27.5. The average molecular weight is 375 g/mol. The number of carbonyl (C=O) groups excluding carboxylic acids is 1. The number of hydrogen-bond donors (Lipinski definition) is 1. The standard InChI is InChI=1S/C18H38O4Si2/c1-17(2,3)23(7,8)21-15-12-16(14(20)11-13(15)19)22-24(9,10)18(4,5)6/h13,15-16,19H,11-12H2,1-10H3/t13-,15-,16-/m0/s1. The molecule has 0 radical (unpaired) electrons. The van der Waals surface area contributed by atoms with Crippen LogP contribution in [0.15, 0.2) is 0 Å².